The van der Waals surface area contributed by atoms with Gasteiger partial charge in [-0.3, -0.25) is 14.4 Å². The number of nitrogens with one attached hydrogen (secondary N) is 2. The molecule has 206 valence electrons. The van der Waals surface area contributed by atoms with Gasteiger partial charge in [0.2, 0.25) is 11.8 Å². The van der Waals surface area contributed by atoms with Crippen molar-refractivity contribution in [2.75, 3.05) is 12.4 Å². The molecule has 0 saturated heterocycles. The van der Waals surface area contributed by atoms with Gasteiger partial charge in [0.15, 0.2) is 0 Å². The molecule has 0 aliphatic heterocycles. The van der Waals surface area contributed by atoms with Gasteiger partial charge in [0.05, 0.1) is 6.42 Å². The first kappa shape index (κ1) is 29.0. The van der Waals surface area contributed by atoms with Crippen LogP contribution in [0.1, 0.15) is 44.4 Å². The minimum absolute atomic E-state index is 0.164. The number of aromatic hydroxyl groups is 1. The molecule has 0 fully saturated rings. The van der Waals surface area contributed by atoms with Crippen LogP contribution in [-0.4, -0.2) is 52.5 Å². The number of carbonyl (C=O) groups is 4. The van der Waals surface area contributed by atoms with Gasteiger partial charge < -0.3 is 31.1 Å². The normalized spacial score (nSPS) is 12.7. The lowest BCUT2D eigenvalue weighted by Crippen LogP contribution is -2.52. The summed E-state index contributed by atoms with van der Waals surface area (Å²) in [6.45, 7) is 6.62. The number of hydrogen-bond acceptors (Lipinski definition) is 6. The molecule has 0 spiro atoms. The number of primary amides is 1. The number of amides is 4. The fraction of sp³-hybridized carbons (Fsp3) is 0.310. The smallest absolute Gasteiger partial charge is 0.408 e. The van der Waals surface area contributed by atoms with Gasteiger partial charge in [0.1, 0.15) is 23.4 Å². The summed E-state index contributed by atoms with van der Waals surface area (Å²) in [7, 11) is 1.35. The number of phenols is 1. The minimum Gasteiger partial charge on any atom is -0.507 e. The standard InChI is InChI=1S/C29H34N4O6/c1-17-9-8-12-21(25(17)35)24(26(36)31-20-14-13-18-10-6-7-11-19(18)15-20)33(5)27(37)22(16-23(30)34)32-28(38)39-29(2,3)4/h6-15,22,24,35H,16H2,1-5H3,(H2,30,34)(H,31,36)(H,32,38). The molecule has 0 saturated carbocycles. The summed E-state index contributed by atoms with van der Waals surface area (Å²) >= 11 is 0. The Morgan fingerprint density at radius 1 is 1.00 bits per heavy atom. The number of ether oxygens (including phenoxy) is 1. The van der Waals surface area contributed by atoms with E-state index in [1.165, 1.54) is 13.1 Å². The third-order valence-corrected chi connectivity index (χ3v) is 5.96. The molecule has 3 aromatic rings. The second kappa shape index (κ2) is 11.8. The Labute approximate surface area is 227 Å². The van der Waals surface area contributed by atoms with Crippen LogP contribution in [-0.2, 0) is 19.1 Å². The van der Waals surface area contributed by atoms with Crippen molar-refractivity contribution in [2.24, 2.45) is 5.73 Å². The zero-order chi connectivity index (χ0) is 28.9. The summed E-state index contributed by atoms with van der Waals surface area (Å²) in [5.41, 5.74) is 5.64. The van der Waals surface area contributed by atoms with Gasteiger partial charge >= 0.3 is 6.09 Å². The molecule has 0 aliphatic carbocycles. The zero-order valence-electron chi connectivity index (χ0n) is 22.6. The van der Waals surface area contributed by atoms with Crippen molar-refractivity contribution in [3.05, 3.63) is 71.8 Å². The van der Waals surface area contributed by atoms with E-state index >= 15 is 0 Å². The first-order valence-corrected chi connectivity index (χ1v) is 12.4. The van der Waals surface area contributed by atoms with Crippen LogP contribution in [0.15, 0.2) is 60.7 Å². The zero-order valence-corrected chi connectivity index (χ0v) is 22.6. The first-order chi connectivity index (χ1) is 18.3. The van der Waals surface area contributed by atoms with E-state index < -0.39 is 47.9 Å². The van der Waals surface area contributed by atoms with Crippen LogP contribution >= 0.6 is 0 Å². The van der Waals surface area contributed by atoms with Crippen LogP contribution in [0.4, 0.5) is 10.5 Å². The van der Waals surface area contributed by atoms with Crippen molar-refractivity contribution in [3.63, 3.8) is 0 Å². The van der Waals surface area contributed by atoms with Crippen LogP contribution in [0.3, 0.4) is 0 Å². The Kier molecular flexibility index (Phi) is 8.80. The van der Waals surface area contributed by atoms with E-state index in [0.717, 1.165) is 15.7 Å². The molecule has 2 atom stereocenters. The second-order valence-corrected chi connectivity index (χ2v) is 10.3. The minimum atomic E-state index is -1.41. The Morgan fingerprint density at radius 2 is 1.67 bits per heavy atom. The Bertz CT molecular complexity index is 1400. The maximum atomic E-state index is 13.7. The average Bonchev–Trinajstić information content (AvgIpc) is 2.84. The molecular weight excluding hydrogens is 500 g/mol. The SMILES string of the molecule is Cc1cccc(C(C(=O)Nc2ccc3ccccc3c2)N(C)C(=O)C(CC(N)=O)NC(=O)OC(C)(C)C)c1O. The summed E-state index contributed by atoms with van der Waals surface area (Å²) < 4.78 is 5.23. The number of aryl methyl sites for hydroxylation is 1. The third kappa shape index (κ3) is 7.47. The molecular formula is C29H34N4O6. The summed E-state index contributed by atoms with van der Waals surface area (Å²) in [4.78, 5) is 52.6. The van der Waals surface area contributed by atoms with Gasteiger partial charge in [-0.1, -0.05) is 48.5 Å². The average molecular weight is 535 g/mol. The molecule has 0 radical (unpaired) electrons. The number of carbonyl (C=O) groups excluding carboxylic acids is 4. The highest BCUT2D eigenvalue weighted by molar-refractivity contribution is 6.01. The quantitative estimate of drug-likeness (QED) is 0.345. The van der Waals surface area contributed by atoms with Crippen molar-refractivity contribution in [2.45, 2.75) is 51.8 Å². The van der Waals surface area contributed by atoms with Crippen LogP contribution in [0.2, 0.25) is 0 Å². The number of anilines is 1. The topological polar surface area (TPSA) is 151 Å². The summed E-state index contributed by atoms with van der Waals surface area (Å²) in [6, 6.07) is 15.1. The molecule has 0 aliphatic rings. The lowest BCUT2D eigenvalue weighted by atomic mass is 9.99. The van der Waals surface area contributed by atoms with E-state index in [4.69, 9.17) is 10.5 Å². The predicted molar refractivity (Wildman–Crippen MR) is 148 cm³/mol. The first-order valence-electron chi connectivity index (χ1n) is 12.4. The molecule has 10 heteroatoms. The molecule has 3 rings (SSSR count). The van der Waals surface area contributed by atoms with Crippen molar-refractivity contribution >= 4 is 40.3 Å². The molecule has 0 aromatic heterocycles. The van der Waals surface area contributed by atoms with Gasteiger partial charge in [-0.05, 0) is 56.2 Å². The maximum absolute atomic E-state index is 13.7. The Morgan fingerprint density at radius 3 is 2.31 bits per heavy atom. The molecule has 0 bridgehead atoms. The molecule has 10 nitrogen and oxygen atoms in total. The van der Waals surface area contributed by atoms with Gasteiger partial charge in [0, 0.05) is 18.3 Å². The lowest BCUT2D eigenvalue weighted by molar-refractivity contribution is -0.140. The number of alkyl carbamates (subject to hydrolysis) is 1. The van der Waals surface area contributed by atoms with Gasteiger partial charge in [-0.2, -0.15) is 0 Å². The summed E-state index contributed by atoms with van der Waals surface area (Å²) in [6.07, 6.45) is -1.45. The Hall–Kier alpha value is -4.60. The largest absolute Gasteiger partial charge is 0.507 e. The number of fused-ring (bicyclic) bond motifs is 1. The fourth-order valence-corrected chi connectivity index (χ4v) is 4.13. The van der Waals surface area contributed by atoms with E-state index in [-0.39, 0.29) is 11.3 Å². The molecule has 4 amide bonds. The second-order valence-electron chi connectivity index (χ2n) is 10.3. The third-order valence-electron chi connectivity index (χ3n) is 5.96. The Balaban J connectivity index is 1.97. The molecule has 0 heterocycles. The lowest BCUT2D eigenvalue weighted by Gasteiger charge is -2.31. The van der Waals surface area contributed by atoms with E-state index in [9.17, 15) is 24.3 Å². The predicted octanol–water partition coefficient (Wildman–Crippen LogP) is 3.76. The number of nitrogens with two attached hydrogens (primary N) is 1. The highest BCUT2D eigenvalue weighted by Gasteiger charge is 2.36. The summed E-state index contributed by atoms with van der Waals surface area (Å²) in [5.74, 6) is -2.40. The van der Waals surface area contributed by atoms with Crippen LogP contribution in [0.5, 0.6) is 5.75 Å². The monoisotopic (exact) mass is 534 g/mol. The molecule has 3 aromatic carbocycles. The van der Waals surface area contributed by atoms with Crippen molar-refractivity contribution in [1.29, 1.82) is 0 Å². The van der Waals surface area contributed by atoms with E-state index in [0.29, 0.717) is 11.3 Å². The number of likely N-dealkylation sites (N-methyl/N-ethyl adjacent to an activating group) is 1. The number of phenolic OH excluding ortho intramolecular Hbond substituents is 1. The molecule has 39 heavy (non-hydrogen) atoms. The van der Waals surface area contributed by atoms with Gasteiger partial charge in [-0.25, -0.2) is 4.79 Å². The number of hydrogen-bond donors (Lipinski definition) is 4. The highest BCUT2D eigenvalue weighted by Crippen LogP contribution is 2.32. The van der Waals surface area contributed by atoms with Gasteiger partial charge in [0.25, 0.3) is 5.91 Å². The number of benzene rings is 3. The van der Waals surface area contributed by atoms with Crippen molar-refractivity contribution < 1.29 is 29.0 Å². The van der Waals surface area contributed by atoms with Crippen LogP contribution in [0, 0.1) is 6.92 Å². The van der Waals surface area contributed by atoms with E-state index in [2.05, 4.69) is 10.6 Å². The van der Waals surface area contributed by atoms with E-state index in [1.807, 2.05) is 30.3 Å². The van der Waals surface area contributed by atoms with Crippen LogP contribution < -0.4 is 16.4 Å². The number of nitrogens with zero attached hydrogens (tertiary/aromatic N) is 1. The fourth-order valence-electron chi connectivity index (χ4n) is 4.13. The van der Waals surface area contributed by atoms with E-state index in [1.54, 1.807) is 52.0 Å². The van der Waals surface area contributed by atoms with Crippen molar-refractivity contribution in [1.82, 2.24) is 10.2 Å². The van der Waals surface area contributed by atoms with Gasteiger partial charge in [-0.15, -0.1) is 0 Å². The maximum Gasteiger partial charge on any atom is 0.408 e. The molecule has 2 unspecified atom stereocenters. The number of rotatable bonds is 8. The number of para-hydroxylation sites is 1. The summed E-state index contributed by atoms with van der Waals surface area (Å²) in [5, 5.41) is 17.9. The highest BCUT2D eigenvalue weighted by atomic mass is 16.6. The molecule has 5 N–H and O–H groups in total. The van der Waals surface area contributed by atoms with Crippen LogP contribution in [0.25, 0.3) is 10.8 Å². The van der Waals surface area contributed by atoms with Crippen molar-refractivity contribution in [3.8, 4) is 5.75 Å².